The van der Waals surface area contributed by atoms with Crippen molar-refractivity contribution >= 4 is 11.5 Å². The van der Waals surface area contributed by atoms with E-state index in [1.165, 1.54) is 0 Å². The van der Waals surface area contributed by atoms with Gasteiger partial charge in [-0.3, -0.25) is 0 Å². The van der Waals surface area contributed by atoms with Crippen LogP contribution in [-0.4, -0.2) is 22.2 Å². The van der Waals surface area contributed by atoms with Crippen molar-refractivity contribution in [1.29, 1.82) is 0 Å². The first-order chi connectivity index (χ1) is 6.76. The van der Waals surface area contributed by atoms with E-state index in [0.29, 0.717) is 5.82 Å². The van der Waals surface area contributed by atoms with Crippen LogP contribution >= 0.6 is 0 Å². The molecule has 1 saturated carbocycles. The minimum absolute atomic E-state index is 0.154. The number of rotatable bonds is 3. The fourth-order valence-electron chi connectivity index (χ4n) is 1.74. The molecular formula is C10H15N3O. The fourth-order valence-corrected chi connectivity index (χ4v) is 1.74. The van der Waals surface area contributed by atoms with Crippen LogP contribution in [0, 0.1) is 0 Å². The lowest BCUT2D eigenvalue weighted by Crippen LogP contribution is -2.48. The molecule has 0 spiro atoms. The van der Waals surface area contributed by atoms with Crippen LogP contribution < -0.4 is 11.1 Å². The number of nitrogens with two attached hydrogens (primary N) is 1. The summed E-state index contributed by atoms with van der Waals surface area (Å²) in [6.45, 7) is 0.154. The quantitative estimate of drug-likeness (QED) is 0.669. The summed E-state index contributed by atoms with van der Waals surface area (Å²) < 4.78 is 0. The molecule has 14 heavy (non-hydrogen) atoms. The number of nitrogen functional groups attached to an aromatic ring is 1. The molecule has 4 heteroatoms. The maximum atomic E-state index is 9.27. The van der Waals surface area contributed by atoms with Crippen molar-refractivity contribution in [2.75, 3.05) is 17.7 Å². The van der Waals surface area contributed by atoms with Crippen molar-refractivity contribution in [2.45, 2.75) is 24.8 Å². The van der Waals surface area contributed by atoms with Gasteiger partial charge < -0.3 is 16.2 Å². The number of aliphatic hydroxyl groups excluding tert-OH is 1. The van der Waals surface area contributed by atoms with Crippen molar-refractivity contribution in [3.8, 4) is 0 Å². The lowest BCUT2D eigenvalue weighted by molar-refractivity contribution is 0.144. The van der Waals surface area contributed by atoms with Crippen molar-refractivity contribution in [3.05, 3.63) is 18.3 Å². The monoisotopic (exact) mass is 193 g/mol. The molecule has 0 aromatic carbocycles. The van der Waals surface area contributed by atoms with Crippen LogP contribution in [0.5, 0.6) is 0 Å². The first-order valence-electron chi connectivity index (χ1n) is 4.85. The topological polar surface area (TPSA) is 71.2 Å². The summed E-state index contributed by atoms with van der Waals surface area (Å²) in [5.74, 6) is 0.493. The van der Waals surface area contributed by atoms with E-state index < -0.39 is 0 Å². The number of anilines is 2. The summed E-state index contributed by atoms with van der Waals surface area (Å²) in [6, 6.07) is 3.72. The highest BCUT2D eigenvalue weighted by Gasteiger charge is 2.36. The molecule has 1 aliphatic carbocycles. The third-order valence-electron chi connectivity index (χ3n) is 2.85. The van der Waals surface area contributed by atoms with Gasteiger partial charge in [0.05, 0.1) is 17.8 Å². The number of nitrogens with zero attached hydrogens (tertiary/aromatic N) is 1. The van der Waals surface area contributed by atoms with E-state index in [-0.39, 0.29) is 12.1 Å². The number of hydrogen-bond acceptors (Lipinski definition) is 4. The fraction of sp³-hybridized carbons (Fsp3) is 0.500. The number of pyridine rings is 1. The van der Waals surface area contributed by atoms with Crippen LogP contribution in [0.1, 0.15) is 19.3 Å². The molecular weight excluding hydrogens is 178 g/mol. The van der Waals surface area contributed by atoms with E-state index in [1.807, 2.05) is 12.1 Å². The van der Waals surface area contributed by atoms with Gasteiger partial charge in [0.1, 0.15) is 5.82 Å². The molecule has 0 atom stereocenters. The second-order valence-electron chi connectivity index (χ2n) is 3.85. The maximum absolute atomic E-state index is 9.27. The van der Waals surface area contributed by atoms with Gasteiger partial charge in [0.2, 0.25) is 0 Å². The van der Waals surface area contributed by atoms with Crippen LogP contribution in [0.15, 0.2) is 18.3 Å². The smallest absolute Gasteiger partial charge is 0.146 e. The molecule has 1 heterocycles. The molecule has 0 radical (unpaired) electrons. The van der Waals surface area contributed by atoms with Crippen LogP contribution in [0.4, 0.5) is 11.5 Å². The summed E-state index contributed by atoms with van der Waals surface area (Å²) in [5, 5.41) is 12.5. The molecule has 0 aliphatic heterocycles. The minimum atomic E-state index is -0.156. The summed E-state index contributed by atoms with van der Waals surface area (Å²) in [4.78, 5) is 3.99. The zero-order chi connectivity index (χ0) is 10.0. The average molecular weight is 193 g/mol. The Morgan fingerprint density at radius 1 is 1.57 bits per heavy atom. The highest BCUT2D eigenvalue weighted by atomic mass is 16.3. The molecule has 0 unspecified atom stereocenters. The number of hydrogen-bond donors (Lipinski definition) is 3. The SMILES string of the molecule is Nc1ncccc1NC1(CO)CCC1. The molecule has 1 aliphatic rings. The van der Waals surface area contributed by atoms with Gasteiger partial charge in [-0.05, 0) is 31.4 Å². The van der Waals surface area contributed by atoms with Gasteiger partial charge in [0, 0.05) is 6.20 Å². The third kappa shape index (κ3) is 1.53. The second-order valence-corrected chi connectivity index (χ2v) is 3.85. The Morgan fingerprint density at radius 3 is 2.86 bits per heavy atom. The molecule has 4 N–H and O–H groups in total. The van der Waals surface area contributed by atoms with Gasteiger partial charge >= 0.3 is 0 Å². The molecule has 0 saturated heterocycles. The Balaban J connectivity index is 2.13. The lowest BCUT2D eigenvalue weighted by Gasteiger charge is -2.41. The van der Waals surface area contributed by atoms with E-state index in [2.05, 4.69) is 10.3 Å². The van der Waals surface area contributed by atoms with Crippen LogP contribution in [0.25, 0.3) is 0 Å². The second kappa shape index (κ2) is 3.46. The van der Waals surface area contributed by atoms with E-state index in [9.17, 15) is 5.11 Å². The molecule has 0 bridgehead atoms. The van der Waals surface area contributed by atoms with Crippen molar-refractivity contribution < 1.29 is 5.11 Å². The molecule has 0 amide bonds. The summed E-state index contributed by atoms with van der Waals surface area (Å²) in [6.07, 6.45) is 4.82. The van der Waals surface area contributed by atoms with Crippen molar-refractivity contribution in [3.63, 3.8) is 0 Å². The lowest BCUT2D eigenvalue weighted by atomic mass is 9.77. The number of aliphatic hydroxyl groups is 1. The highest BCUT2D eigenvalue weighted by molar-refractivity contribution is 5.62. The van der Waals surface area contributed by atoms with Gasteiger partial charge in [-0.1, -0.05) is 0 Å². The molecule has 76 valence electrons. The van der Waals surface area contributed by atoms with Gasteiger partial charge in [0.15, 0.2) is 0 Å². The molecule has 2 rings (SSSR count). The van der Waals surface area contributed by atoms with E-state index in [4.69, 9.17) is 5.73 Å². The standard InChI is InChI=1S/C10H15N3O/c11-9-8(3-1-6-12-9)13-10(7-14)4-2-5-10/h1,3,6,13-14H,2,4-5,7H2,(H2,11,12). The van der Waals surface area contributed by atoms with Crippen molar-refractivity contribution in [1.82, 2.24) is 4.98 Å². The van der Waals surface area contributed by atoms with Crippen LogP contribution in [-0.2, 0) is 0 Å². The van der Waals surface area contributed by atoms with Gasteiger partial charge in [-0.15, -0.1) is 0 Å². The Morgan fingerprint density at radius 2 is 2.36 bits per heavy atom. The highest BCUT2D eigenvalue weighted by Crippen LogP contribution is 2.35. The first kappa shape index (κ1) is 9.27. The number of aromatic nitrogens is 1. The van der Waals surface area contributed by atoms with E-state index >= 15 is 0 Å². The maximum Gasteiger partial charge on any atom is 0.146 e. The zero-order valence-corrected chi connectivity index (χ0v) is 8.03. The van der Waals surface area contributed by atoms with Crippen molar-refractivity contribution in [2.24, 2.45) is 0 Å². The molecule has 1 aromatic heterocycles. The minimum Gasteiger partial charge on any atom is -0.394 e. The summed E-state index contributed by atoms with van der Waals surface area (Å²) in [7, 11) is 0. The predicted octanol–water partition coefficient (Wildman–Crippen LogP) is 0.991. The first-order valence-corrected chi connectivity index (χ1v) is 4.85. The van der Waals surface area contributed by atoms with Gasteiger partial charge in [-0.25, -0.2) is 4.98 Å². The Bertz CT molecular complexity index is 317. The summed E-state index contributed by atoms with van der Waals surface area (Å²) in [5.41, 5.74) is 6.37. The van der Waals surface area contributed by atoms with E-state index in [0.717, 1.165) is 24.9 Å². The van der Waals surface area contributed by atoms with Gasteiger partial charge in [0.25, 0.3) is 0 Å². The zero-order valence-electron chi connectivity index (χ0n) is 8.03. The van der Waals surface area contributed by atoms with E-state index in [1.54, 1.807) is 6.20 Å². The Kier molecular flexibility index (Phi) is 2.29. The average Bonchev–Trinajstić information content (AvgIpc) is 2.14. The normalized spacial score (nSPS) is 18.6. The van der Waals surface area contributed by atoms with Crippen LogP contribution in [0.3, 0.4) is 0 Å². The van der Waals surface area contributed by atoms with Crippen LogP contribution in [0.2, 0.25) is 0 Å². The molecule has 1 fully saturated rings. The number of nitrogens with one attached hydrogen (secondary N) is 1. The molecule has 1 aromatic rings. The summed E-state index contributed by atoms with van der Waals surface area (Å²) >= 11 is 0. The van der Waals surface area contributed by atoms with Gasteiger partial charge in [-0.2, -0.15) is 0 Å². The largest absolute Gasteiger partial charge is 0.394 e. The Hall–Kier alpha value is -1.29. The molecule has 4 nitrogen and oxygen atoms in total. The Labute approximate surface area is 83.2 Å². The predicted molar refractivity (Wildman–Crippen MR) is 55.9 cm³/mol. The third-order valence-corrected chi connectivity index (χ3v) is 2.85.